The van der Waals surface area contributed by atoms with Gasteiger partial charge in [-0.2, -0.15) is 22.8 Å². The first-order valence-electron chi connectivity index (χ1n) is 4.70. The van der Waals surface area contributed by atoms with Crippen LogP contribution in [-0.4, -0.2) is 19.3 Å². The summed E-state index contributed by atoms with van der Waals surface area (Å²) in [6, 6.07) is 0.720. The summed E-state index contributed by atoms with van der Waals surface area (Å²) in [7, 11) is 0. The molecule has 0 saturated carbocycles. The minimum absolute atomic E-state index is 0.720. The van der Waals surface area contributed by atoms with Gasteiger partial charge in [-0.05, 0) is 11.8 Å². The fourth-order valence-corrected chi connectivity index (χ4v) is 2.36. The lowest BCUT2D eigenvalue weighted by atomic mass is 10.2. The van der Waals surface area contributed by atoms with Crippen molar-refractivity contribution in [2.24, 2.45) is 0 Å². The Bertz CT molecular complexity index is 658. The van der Waals surface area contributed by atoms with Gasteiger partial charge in [-0.25, -0.2) is 21.8 Å². The van der Waals surface area contributed by atoms with Gasteiger partial charge in [0.15, 0.2) is 23.3 Å². The number of rotatable bonds is 4. The molecule has 1 unspecified atom stereocenters. The van der Waals surface area contributed by atoms with Crippen molar-refractivity contribution in [2.75, 3.05) is 0 Å². The van der Waals surface area contributed by atoms with E-state index >= 15 is 0 Å². The molecule has 3 nitrogen and oxygen atoms in total. The highest BCUT2D eigenvalue weighted by Gasteiger charge is 2.63. The van der Waals surface area contributed by atoms with Crippen LogP contribution in [0.4, 0.5) is 35.1 Å². The first kappa shape index (κ1) is 18.7. The predicted octanol–water partition coefficient (Wildman–Crippen LogP) is 3.61. The average Bonchev–Trinajstić information content (AvgIpc) is 2.41. The molecule has 1 atom stereocenters. The van der Waals surface area contributed by atoms with Crippen LogP contribution >= 0.6 is 11.8 Å². The second kappa shape index (κ2) is 6.01. The maximum absolute atomic E-state index is 13.3. The third kappa shape index (κ3) is 2.90. The van der Waals surface area contributed by atoms with E-state index in [4.69, 9.17) is 9.81 Å². The molecule has 0 radical (unpaired) electrons. The SMILES string of the molecule is N#Cc1c(F)c(F)c(SC(F)(F)C(F)(F)S(=O)O)c(F)c1F. The highest BCUT2D eigenvalue weighted by atomic mass is 32.2. The summed E-state index contributed by atoms with van der Waals surface area (Å²) in [5.41, 5.74) is -1.78. The molecule has 1 aromatic rings. The van der Waals surface area contributed by atoms with Gasteiger partial charge in [-0.1, -0.05) is 0 Å². The van der Waals surface area contributed by atoms with E-state index in [0.29, 0.717) is 0 Å². The third-order valence-electron chi connectivity index (χ3n) is 2.12. The number of benzene rings is 1. The molecule has 122 valence electrons. The number of hydrogen-bond acceptors (Lipinski definition) is 3. The van der Waals surface area contributed by atoms with Crippen LogP contribution in [-0.2, 0) is 11.1 Å². The zero-order valence-electron chi connectivity index (χ0n) is 9.64. The third-order valence-corrected chi connectivity index (χ3v) is 4.02. The van der Waals surface area contributed by atoms with Crippen LogP contribution in [0, 0.1) is 34.6 Å². The molecule has 0 spiro atoms. The van der Waals surface area contributed by atoms with Gasteiger partial charge in [0.05, 0.1) is 4.90 Å². The minimum Gasteiger partial charge on any atom is -0.301 e. The molecule has 13 heteroatoms. The lowest BCUT2D eigenvalue weighted by molar-refractivity contribution is -0.0908. The molecule has 1 rings (SSSR count). The van der Waals surface area contributed by atoms with Gasteiger partial charge >= 0.3 is 10.5 Å². The van der Waals surface area contributed by atoms with Gasteiger partial charge in [-0.3, -0.25) is 0 Å². The zero-order chi connectivity index (χ0) is 17.5. The maximum atomic E-state index is 13.3. The molecule has 0 bridgehead atoms. The van der Waals surface area contributed by atoms with Crippen molar-refractivity contribution in [1.82, 2.24) is 0 Å². The molecule has 0 heterocycles. The van der Waals surface area contributed by atoms with Crippen LogP contribution in [0.15, 0.2) is 4.90 Å². The molecule has 0 aliphatic heterocycles. The maximum Gasteiger partial charge on any atom is 0.416 e. The van der Waals surface area contributed by atoms with Crippen LogP contribution in [0.3, 0.4) is 0 Å². The topological polar surface area (TPSA) is 61.1 Å². The van der Waals surface area contributed by atoms with E-state index in [1.807, 2.05) is 0 Å². The lowest BCUT2D eigenvalue weighted by Gasteiger charge is -2.23. The minimum atomic E-state index is -5.67. The van der Waals surface area contributed by atoms with E-state index in [-0.39, 0.29) is 0 Å². The molecule has 0 fully saturated rings. The van der Waals surface area contributed by atoms with E-state index in [1.54, 1.807) is 0 Å². The molecule has 0 aliphatic rings. The number of thioether (sulfide) groups is 1. The smallest absolute Gasteiger partial charge is 0.301 e. The van der Waals surface area contributed by atoms with E-state index in [2.05, 4.69) is 0 Å². The fourth-order valence-electron chi connectivity index (χ4n) is 1.09. The van der Waals surface area contributed by atoms with Gasteiger partial charge in [0, 0.05) is 0 Å². The van der Waals surface area contributed by atoms with Crippen molar-refractivity contribution >= 4 is 22.8 Å². The molecular formula is C9HF8NO2S2. The van der Waals surface area contributed by atoms with Gasteiger partial charge < -0.3 is 4.55 Å². The van der Waals surface area contributed by atoms with Gasteiger partial charge in [0.25, 0.3) is 0 Å². The van der Waals surface area contributed by atoms with Gasteiger partial charge in [0.2, 0.25) is 11.1 Å². The Labute approximate surface area is 123 Å². The molecule has 0 amide bonds. The zero-order valence-corrected chi connectivity index (χ0v) is 11.3. The van der Waals surface area contributed by atoms with E-state index in [0.717, 1.165) is 6.07 Å². The van der Waals surface area contributed by atoms with E-state index < -0.39 is 67.1 Å². The largest absolute Gasteiger partial charge is 0.416 e. The molecule has 0 aliphatic carbocycles. The van der Waals surface area contributed by atoms with Crippen LogP contribution in [0.25, 0.3) is 0 Å². The van der Waals surface area contributed by atoms with Gasteiger partial charge in [-0.15, -0.1) is 0 Å². The number of hydrogen-bond donors (Lipinski definition) is 1. The highest BCUT2D eigenvalue weighted by molar-refractivity contribution is 8.01. The molecular weight excluding hydrogens is 370 g/mol. The summed E-state index contributed by atoms with van der Waals surface area (Å²) in [5, 5.41) is -2.99. The van der Waals surface area contributed by atoms with E-state index in [1.165, 1.54) is 0 Å². The summed E-state index contributed by atoms with van der Waals surface area (Å²) in [5.74, 6) is -9.76. The highest BCUT2D eigenvalue weighted by Crippen LogP contribution is 2.49. The van der Waals surface area contributed by atoms with Crippen molar-refractivity contribution in [2.45, 2.75) is 15.4 Å². The number of nitrogens with zero attached hydrogens (tertiary/aromatic N) is 1. The Balaban J connectivity index is 3.49. The molecule has 1 N–H and O–H groups in total. The number of alkyl halides is 4. The Morgan fingerprint density at radius 3 is 1.73 bits per heavy atom. The lowest BCUT2D eigenvalue weighted by Crippen LogP contribution is -2.41. The normalized spacial score (nSPS) is 13.8. The molecule has 0 aromatic heterocycles. The Morgan fingerprint density at radius 2 is 1.41 bits per heavy atom. The first-order valence-corrected chi connectivity index (χ1v) is 6.62. The van der Waals surface area contributed by atoms with Crippen molar-refractivity contribution in [3.63, 3.8) is 0 Å². The van der Waals surface area contributed by atoms with Crippen LogP contribution in [0.5, 0.6) is 0 Å². The fraction of sp³-hybridized carbons (Fsp3) is 0.222. The monoisotopic (exact) mass is 371 g/mol. The summed E-state index contributed by atoms with van der Waals surface area (Å²) in [6.07, 6.45) is 0. The summed E-state index contributed by atoms with van der Waals surface area (Å²) < 4.78 is 123. The summed E-state index contributed by atoms with van der Waals surface area (Å²) in [6.45, 7) is 0. The summed E-state index contributed by atoms with van der Waals surface area (Å²) >= 11 is -6.13. The average molecular weight is 371 g/mol. The number of halogens is 8. The van der Waals surface area contributed by atoms with E-state index in [9.17, 15) is 39.3 Å². The van der Waals surface area contributed by atoms with Crippen LogP contribution < -0.4 is 0 Å². The van der Waals surface area contributed by atoms with Crippen molar-refractivity contribution in [3.05, 3.63) is 28.8 Å². The van der Waals surface area contributed by atoms with Crippen molar-refractivity contribution < 1.29 is 43.9 Å². The predicted molar refractivity (Wildman–Crippen MR) is 57.5 cm³/mol. The Kier molecular flexibility index (Phi) is 5.10. The number of nitriles is 1. The van der Waals surface area contributed by atoms with Crippen molar-refractivity contribution in [1.29, 1.82) is 5.26 Å². The van der Waals surface area contributed by atoms with Crippen LogP contribution in [0.1, 0.15) is 5.56 Å². The quantitative estimate of drug-likeness (QED) is 0.380. The van der Waals surface area contributed by atoms with Crippen LogP contribution in [0.2, 0.25) is 0 Å². The van der Waals surface area contributed by atoms with Gasteiger partial charge in [0.1, 0.15) is 11.6 Å². The Hall–Kier alpha value is -1.39. The molecule has 22 heavy (non-hydrogen) atoms. The second-order valence-electron chi connectivity index (χ2n) is 3.46. The first-order chi connectivity index (χ1) is 9.88. The summed E-state index contributed by atoms with van der Waals surface area (Å²) in [4.78, 5) is -2.20. The Morgan fingerprint density at radius 1 is 1.00 bits per heavy atom. The second-order valence-corrected chi connectivity index (χ2v) is 5.59. The molecule has 0 saturated heterocycles. The standard InChI is InChI=1S/C9HF8NO2S2/c10-3-2(1-18)4(11)6(13)7(5(3)12)21-8(14,15)9(16,17)22(19)20/h(H,19,20). The molecule has 1 aromatic carbocycles. The van der Waals surface area contributed by atoms with Crippen molar-refractivity contribution in [3.8, 4) is 6.07 Å².